The van der Waals surface area contributed by atoms with E-state index < -0.39 is 0 Å². The first kappa shape index (κ1) is 13.8. The Morgan fingerprint density at radius 2 is 2.28 bits per heavy atom. The quantitative estimate of drug-likeness (QED) is 0.829. The van der Waals surface area contributed by atoms with Crippen molar-refractivity contribution < 1.29 is 14.6 Å². The van der Waals surface area contributed by atoms with Gasteiger partial charge in [-0.2, -0.15) is 0 Å². The molecule has 4 nitrogen and oxygen atoms in total. The van der Waals surface area contributed by atoms with Gasteiger partial charge < -0.3 is 14.7 Å². The molecule has 0 spiro atoms. The fraction of sp³-hybridized carbons (Fsp3) is 0.929. The molecular weight excluding hydrogens is 230 g/mol. The van der Waals surface area contributed by atoms with Crippen LogP contribution >= 0.6 is 0 Å². The molecule has 0 bridgehead atoms. The third kappa shape index (κ3) is 3.45. The number of nitrogens with zero attached hydrogens (tertiary/aromatic N) is 1. The molecule has 1 amide bonds. The van der Waals surface area contributed by atoms with Crippen LogP contribution in [-0.4, -0.2) is 47.8 Å². The van der Waals surface area contributed by atoms with E-state index >= 15 is 0 Å². The number of aliphatic hydroxyl groups is 1. The number of rotatable bonds is 4. The van der Waals surface area contributed by atoms with Gasteiger partial charge >= 0.3 is 0 Å². The summed E-state index contributed by atoms with van der Waals surface area (Å²) in [5.74, 6) is 0.636. The molecule has 2 saturated heterocycles. The summed E-state index contributed by atoms with van der Waals surface area (Å²) in [7, 11) is 0. The Labute approximate surface area is 109 Å². The van der Waals surface area contributed by atoms with Gasteiger partial charge in [-0.05, 0) is 44.9 Å². The predicted molar refractivity (Wildman–Crippen MR) is 69.2 cm³/mol. The van der Waals surface area contributed by atoms with Gasteiger partial charge in [0.15, 0.2) is 0 Å². The molecule has 2 fully saturated rings. The summed E-state index contributed by atoms with van der Waals surface area (Å²) >= 11 is 0. The molecule has 2 aliphatic heterocycles. The minimum atomic E-state index is 0.252. The van der Waals surface area contributed by atoms with E-state index in [0.717, 1.165) is 45.3 Å². The van der Waals surface area contributed by atoms with Crippen LogP contribution < -0.4 is 0 Å². The molecule has 18 heavy (non-hydrogen) atoms. The van der Waals surface area contributed by atoms with Gasteiger partial charge in [-0.1, -0.05) is 0 Å². The summed E-state index contributed by atoms with van der Waals surface area (Å²) in [6.45, 7) is 4.00. The molecule has 0 aliphatic carbocycles. The number of carbonyl (C=O) groups excluding carboxylic acids is 1. The van der Waals surface area contributed by atoms with E-state index in [1.807, 2.05) is 4.90 Å². The van der Waals surface area contributed by atoms with Gasteiger partial charge in [-0.15, -0.1) is 0 Å². The fourth-order valence-corrected chi connectivity index (χ4v) is 3.11. The van der Waals surface area contributed by atoms with Gasteiger partial charge in [0.1, 0.15) is 0 Å². The molecule has 0 aromatic rings. The van der Waals surface area contributed by atoms with Crippen molar-refractivity contribution in [3.05, 3.63) is 0 Å². The van der Waals surface area contributed by atoms with Crippen LogP contribution in [0.4, 0.5) is 0 Å². The predicted octanol–water partition coefficient (Wildman–Crippen LogP) is 1.56. The standard InChI is InChI=1S/C14H25NO3/c1-11-9-12(10-16)6-7-15(11)14(17)5-4-13-3-2-8-18-13/h11-13,16H,2-10H2,1H3/t11-,12-,13-/m0/s1. The van der Waals surface area contributed by atoms with E-state index in [1.54, 1.807) is 0 Å². The van der Waals surface area contributed by atoms with Gasteiger partial charge in [0, 0.05) is 32.2 Å². The van der Waals surface area contributed by atoms with Crippen LogP contribution in [0.3, 0.4) is 0 Å². The largest absolute Gasteiger partial charge is 0.396 e. The van der Waals surface area contributed by atoms with Crippen LogP contribution in [0.2, 0.25) is 0 Å². The zero-order valence-corrected chi connectivity index (χ0v) is 11.3. The average molecular weight is 255 g/mol. The minimum absolute atomic E-state index is 0.252. The van der Waals surface area contributed by atoms with Crippen molar-refractivity contribution in [3.63, 3.8) is 0 Å². The Morgan fingerprint density at radius 3 is 2.89 bits per heavy atom. The maximum Gasteiger partial charge on any atom is 0.222 e. The molecule has 2 heterocycles. The van der Waals surface area contributed by atoms with Crippen LogP contribution in [0.15, 0.2) is 0 Å². The number of hydrogen-bond donors (Lipinski definition) is 1. The number of aliphatic hydroxyl groups excluding tert-OH is 1. The summed E-state index contributed by atoms with van der Waals surface area (Å²) in [5, 5.41) is 9.16. The number of piperidine rings is 1. The molecular formula is C14H25NO3. The minimum Gasteiger partial charge on any atom is -0.396 e. The first-order valence-corrected chi connectivity index (χ1v) is 7.22. The van der Waals surface area contributed by atoms with Crippen LogP contribution in [0.25, 0.3) is 0 Å². The van der Waals surface area contributed by atoms with Crippen LogP contribution in [-0.2, 0) is 9.53 Å². The van der Waals surface area contributed by atoms with E-state index in [9.17, 15) is 4.79 Å². The van der Waals surface area contributed by atoms with E-state index in [-0.39, 0.29) is 18.6 Å². The third-order valence-electron chi connectivity index (χ3n) is 4.27. The second kappa shape index (κ2) is 6.53. The summed E-state index contributed by atoms with van der Waals surface area (Å²) in [4.78, 5) is 14.2. The summed E-state index contributed by atoms with van der Waals surface area (Å²) in [6, 6.07) is 0.271. The van der Waals surface area contributed by atoms with Crippen molar-refractivity contribution in [2.45, 2.75) is 57.6 Å². The van der Waals surface area contributed by atoms with E-state index in [2.05, 4.69) is 6.92 Å². The van der Waals surface area contributed by atoms with E-state index in [1.165, 1.54) is 0 Å². The normalized spacial score (nSPS) is 32.8. The van der Waals surface area contributed by atoms with Gasteiger partial charge in [0.05, 0.1) is 6.10 Å². The zero-order chi connectivity index (χ0) is 13.0. The number of likely N-dealkylation sites (tertiary alicyclic amines) is 1. The van der Waals surface area contributed by atoms with Crippen molar-refractivity contribution in [1.29, 1.82) is 0 Å². The van der Waals surface area contributed by atoms with Crippen LogP contribution in [0.5, 0.6) is 0 Å². The fourth-order valence-electron chi connectivity index (χ4n) is 3.11. The zero-order valence-electron chi connectivity index (χ0n) is 11.3. The highest BCUT2D eigenvalue weighted by Gasteiger charge is 2.28. The Bertz CT molecular complexity index is 276. The van der Waals surface area contributed by atoms with Crippen LogP contribution in [0.1, 0.15) is 45.4 Å². The van der Waals surface area contributed by atoms with Crippen molar-refractivity contribution in [1.82, 2.24) is 4.90 Å². The number of amides is 1. The third-order valence-corrected chi connectivity index (χ3v) is 4.27. The molecule has 0 aromatic carbocycles. The topological polar surface area (TPSA) is 49.8 Å². The molecule has 0 aromatic heterocycles. The lowest BCUT2D eigenvalue weighted by Gasteiger charge is -2.37. The average Bonchev–Trinajstić information content (AvgIpc) is 2.88. The van der Waals surface area contributed by atoms with Crippen molar-refractivity contribution >= 4 is 5.91 Å². The summed E-state index contributed by atoms with van der Waals surface area (Å²) in [5.41, 5.74) is 0. The van der Waals surface area contributed by atoms with Crippen molar-refractivity contribution in [2.75, 3.05) is 19.8 Å². The van der Waals surface area contributed by atoms with E-state index in [4.69, 9.17) is 9.84 Å². The Balaban J connectivity index is 1.74. The highest BCUT2D eigenvalue weighted by molar-refractivity contribution is 5.76. The molecule has 0 unspecified atom stereocenters. The molecule has 2 rings (SSSR count). The Hall–Kier alpha value is -0.610. The van der Waals surface area contributed by atoms with Gasteiger partial charge in [-0.25, -0.2) is 0 Å². The lowest BCUT2D eigenvalue weighted by atomic mass is 9.92. The Kier molecular flexibility index (Phi) is 5.01. The van der Waals surface area contributed by atoms with Crippen LogP contribution in [0, 0.1) is 5.92 Å². The molecule has 2 aliphatic rings. The highest BCUT2D eigenvalue weighted by Crippen LogP contribution is 2.24. The second-order valence-electron chi connectivity index (χ2n) is 5.68. The van der Waals surface area contributed by atoms with E-state index in [0.29, 0.717) is 18.4 Å². The van der Waals surface area contributed by atoms with Gasteiger partial charge in [0.25, 0.3) is 0 Å². The highest BCUT2D eigenvalue weighted by atomic mass is 16.5. The maximum absolute atomic E-state index is 12.2. The van der Waals surface area contributed by atoms with Crippen molar-refractivity contribution in [2.24, 2.45) is 5.92 Å². The van der Waals surface area contributed by atoms with Gasteiger partial charge in [-0.3, -0.25) is 4.79 Å². The monoisotopic (exact) mass is 255 g/mol. The molecule has 0 radical (unpaired) electrons. The number of ether oxygens (including phenoxy) is 1. The lowest BCUT2D eigenvalue weighted by molar-refractivity contribution is -0.136. The summed E-state index contributed by atoms with van der Waals surface area (Å²) < 4.78 is 5.55. The SMILES string of the molecule is C[C@H]1C[C@@H](CO)CCN1C(=O)CC[C@@H]1CCCO1. The molecule has 4 heteroatoms. The lowest BCUT2D eigenvalue weighted by Crippen LogP contribution is -2.45. The van der Waals surface area contributed by atoms with Crippen molar-refractivity contribution in [3.8, 4) is 0 Å². The maximum atomic E-state index is 12.2. The molecule has 104 valence electrons. The first-order chi connectivity index (χ1) is 8.70. The Morgan fingerprint density at radius 1 is 1.44 bits per heavy atom. The smallest absolute Gasteiger partial charge is 0.222 e. The molecule has 1 N–H and O–H groups in total. The number of carbonyl (C=O) groups is 1. The summed E-state index contributed by atoms with van der Waals surface area (Å²) in [6.07, 6.45) is 5.89. The number of hydrogen-bond acceptors (Lipinski definition) is 3. The molecule has 0 saturated carbocycles. The second-order valence-corrected chi connectivity index (χ2v) is 5.68. The van der Waals surface area contributed by atoms with Gasteiger partial charge in [0.2, 0.25) is 5.91 Å². The molecule has 3 atom stereocenters. The first-order valence-electron chi connectivity index (χ1n) is 7.22.